The summed E-state index contributed by atoms with van der Waals surface area (Å²) in [5.74, 6) is 1.16. The Morgan fingerprint density at radius 1 is 1.33 bits per heavy atom. The average molecular weight is 321 g/mol. The summed E-state index contributed by atoms with van der Waals surface area (Å²) in [7, 11) is 0. The monoisotopic (exact) mass is 321 g/mol. The van der Waals surface area contributed by atoms with Gasteiger partial charge in [-0.05, 0) is 55.7 Å². The fourth-order valence-electron chi connectivity index (χ4n) is 3.00. The molecule has 24 heavy (non-hydrogen) atoms. The van der Waals surface area contributed by atoms with Gasteiger partial charge in [0, 0.05) is 11.9 Å². The van der Waals surface area contributed by atoms with Crippen molar-refractivity contribution in [1.82, 2.24) is 4.98 Å². The van der Waals surface area contributed by atoms with Crippen LogP contribution in [0.25, 0.3) is 0 Å². The van der Waals surface area contributed by atoms with Gasteiger partial charge in [0.2, 0.25) is 5.91 Å². The number of carbonyl (C=O) groups excluding carboxylic acids is 1. The fraction of sp³-hybridized carbons (Fsp3) is 0.316. The summed E-state index contributed by atoms with van der Waals surface area (Å²) in [6, 6.07) is 11.3. The summed E-state index contributed by atoms with van der Waals surface area (Å²) in [5.41, 5.74) is 0.699. The lowest BCUT2D eigenvalue weighted by atomic mass is 9.87. The normalized spacial score (nSPS) is 15.5. The third-order valence-electron chi connectivity index (χ3n) is 4.40. The lowest BCUT2D eigenvalue weighted by Crippen LogP contribution is -2.32. The molecule has 1 N–H and O–H groups in total. The maximum Gasteiger partial charge on any atom is 0.244 e. The Balaban J connectivity index is 1.73. The lowest BCUT2D eigenvalue weighted by Gasteiger charge is -2.19. The first-order valence-electron chi connectivity index (χ1n) is 8.04. The highest BCUT2D eigenvalue weighted by atomic mass is 16.5. The number of ether oxygens (including phenoxy) is 1. The van der Waals surface area contributed by atoms with Gasteiger partial charge in [0.15, 0.2) is 0 Å². The molecular formula is C19H19N3O2. The molecule has 0 unspecified atom stereocenters. The Morgan fingerprint density at radius 3 is 2.75 bits per heavy atom. The molecule has 122 valence electrons. The number of nitrogens with one attached hydrogen (secondary N) is 1. The molecular weight excluding hydrogens is 302 g/mol. The molecule has 1 saturated carbocycles. The van der Waals surface area contributed by atoms with Crippen LogP contribution in [0.3, 0.4) is 0 Å². The van der Waals surface area contributed by atoms with Gasteiger partial charge >= 0.3 is 0 Å². The zero-order valence-corrected chi connectivity index (χ0v) is 13.6. The number of aryl methyl sites for hydroxylation is 1. The van der Waals surface area contributed by atoms with Crippen molar-refractivity contribution >= 4 is 11.6 Å². The van der Waals surface area contributed by atoms with Crippen molar-refractivity contribution in [1.29, 1.82) is 5.26 Å². The number of carbonyl (C=O) groups is 1. The van der Waals surface area contributed by atoms with E-state index in [4.69, 9.17) is 4.74 Å². The molecule has 1 aliphatic rings. The van der Waals surface area contributed by atoms with Crippen LogP contribution >= 0.6 is 0 Å². The number of nitrogens with zero attached hydrogens (tertiary/aromatic N) is 2. The highest BCUT2D eigenvalue weighted by molar-refractivity contribution is 5.97. The Bertz CT molecular complexity index is 775. The van der Waals surface area contributed by atoms with Gasteiger partial charge < -0.3 is 10.1 Å². The molecule has 1 amide bonds. The van der Waals surface area contributed by atoms with Crippen molar-refractivity contribution in [3.05, 3.63) is 48.3 Å². The van der Waals surface area contributed by atoms with Gasteiger partial charge in [-0.1, -0.05) is 12.8 Å². The summed E-state index contributed by atoms with van der Waals surface area (Å²) in [4.78, 5) is 16.5. The molecule has 5 nitrogen and oxygen atoms in total. The largest absolute Gasteiger partial charge is 0.455 e. The zero-order chi connectivity index (χ0) is 17.0. The summed E-state index contributed by atoms with van der Waals surface area (Å²) in [6.07, 6.45) is 6.46. The SMILES string of the molecule is Cc1cc(NC(=O)C2(C#N)CCCC2)ccc1Oc1cccnc1. The van der Waals surface area contributed by atoms with Crippen LogP contribution in [0.4, 0.5) is 5.69 Å². The van der Waals surface area contributed by atoms with E-state index < -0.39 is 5.41 Å². The molecule has 0 aliphatic heterocycles. The van der Waals surface area contributed by atoms with Crippen LogP contribution in [0, 0.1) is 23.7 Å². The highest BCUT2D eigenvalue weighted by Gasteiger charge is 2.41. The lowest BCUT2D eigenvalue weighted by molar-refractivity contribution is -0.122. The maximum absolute atomic E-state index is 12.5. The molecule has 2 aromatic rings. The second kappa shape index (κ2) is 6.71. The second-order valence-corrected chi connectivity index (χ2v) is 6.13. The molecule has 5 heteroatoms. The van der Waals surface area contributed by atoms with Gasteiger partial charge in [0.05, 0.1) is 12.3 Å². The number of hydrogen-bond donors (Lipinski definition) is 1. The zero-order valence-electron chi connectivity index (χ0n) is 13.6. The molecule has 0 radical (unpaired) electrons. The second-order valence-electron chi connectivity index (χ2n) is 6.13. The van der Waals surface area contributed by atoms with Gasteiger partial charge in [-0.3, -0.25) is 9.78 Å². The average Bonchev–Trinajstić information content (AvgIpc) is 3.09. The first-order chi connectivity index (χ1) is 11.6. The fourth-order valence-corrected chi connectivity index (χ4v) is 3.00. The quantitative estimate of drug-likeness (QED) is 0.915. The van der Waals surface area contributed by atoms with Crippen molar-refractivity contribution < 1.29 is 9.53 Å². The van der Waals surface area contributed by atoms with Crippen LogP contribution in [-0.4, -0.2) is 10.9 Å². The Morgan fingerprint density at radius 2 is 2.12 bits per heavy atom. The van der Waals surface area contributed by atoms with E-state index in [1.165, 1.54) is 0 Å². The standard InChI is InChI=1S/C19H19N3O2/c1-14-11-15(22-18(23)19(13-20)8-2-3-9-19)6-7-17(14)24-16-5-4-10-21-12-16/h4-7,10-12H,2-3,8-9H2,1H3,(H,22,23). The number of hydrogen-bond acceptors (Lipinski definition) is 4. The first-order valence-corrected chi connectivity index (χ1v) is 8.04. The summed E-state index contributed by atoms with van der Waals surface area (Å²) in [5, 5.41) is 12.3. The van der Waals surface area contributed by atoms with E-state index in [9.17, 15) is 10.1 Å². The Labute approximate surface area is 141 Å². The van der Waals surface area contributed by atoms with Crippen LogP contribution in [0.5, 0.6) is 11.5 Å². The van der Waals surface area contributed by atoms with Gasteiger partial charge in [-0.2, -0.15) is 5.26 Å². The van der Waals surface area contributed by atoms with Crippen molar-refractivity contribution in [3.8, 4) is 17.6 Å². The van der Waals surface area contributed by atoms with Crippen molar-refractivity contribution in [2.24, 2.45) is 5.41 Å². The molecule has 0 atom stereocenters. The predicted molar refractivity (Wildman–Crippen MR) is 90.6 cm³/mol. The van der Waals surface area contributed by atoms with E-state index in [0.717, 1.165) is 18.4 Å². The summed E-state index contributed by atoms with van der Waals surface area (Å²) < 4.78 is 5.78. The van der Waals surface area contributed by atoms with Crippen LogP contribution < -0.4 is 10.1 Å². The van der Waals surface area contributed by atoms with Crippen LogP contribution in [0.1, 0.15) is 31.2 Å². The van der Waals surface area contributed by atoms with E-state index in [1.54, 1.807) is 18.5 Å². The predicted octanol–water partition coefficient (Wildman–Crippen LogP) is 4.20. The third-order valence-corrected chi connectivity index (χ3v) is 4.40. The minimum absolute atomic E-state index is 0.206. The third kappa shape index (κ3) is 3.23. The Kier molecular flexibility index (Phi) is 4.48. The topological polar surface area (TPSA) is 75.0 Å². The van der Waals surface area contributed by atoms with E-state index in [2.05, 4.69) is 16.4 Å². The summed E-state index contributed by atoms with van der Waals surface area (Å²) >= 11 is 0. The van der Waals surface area contributed by atoms with Gasteiger partial charge in [-0.15, -0.1) is 0 Å². The minimum atomic E-state index is -0.876. The molecule has 1 fully saturated rings. The van der Waals surface area contributed by atoms with E-state index in [-0.39, 0.29) is 5.91 Å². The number of pyridine rings is 1. The van der Waals surface area contributed by atoms with Crippen molar-refractivity contribution in [2.45, 2.75) is 32.6 Å². The van der Waals surface area contributed by atoms with Gasteiger partial charge in [0.25, 0.3) is 0 Å². The number of nitriles is 1. The molecule has 1 aliphatic carbocycles. The number of amides is 1. The molecule has 0 spiro atoms. The Hall–Kier alpha value is -2.87. The van der Waals surface area contributed by atoms with E-state index in [1.807, 2.05) is 31.2 Å². The number of benzene rings is 1. The summed E-state index contributed by atoms with van der Waals surface area (Å²) in [6.45, 7) is 1.91. The molecule has 3 rings (SSSR count). The minimum Gasteiger partial charge on any atom is -0.455 e. The number of anilines is 1. The molecule has 1 aromatic heterocycles. The number of aromatic nitrogens is 1. The molecule has 0 saturated heterocycles. The van der Waals surface area contributed by atoms with E-state index >= 15 is 0 Å². The maximum atomic E-state index is 12.5. The first kappa shape index (κ1) is 16.0. The van der Waals surface area contributed by atoms with Crippen molar-refractivity contribution in [2.75, 3.05) is 5.32 Å². The molecule has 0 bridgehead atoms. The van der Waals surface area contributed by atoms with Crippen LogP contribution in [0.2, 0.25) is 0 Å². The van der Waals surface area contributed by atoms with Crippen LogP contribution in [0.15, 0.2) is 42.7 Å². The van der Waals surface area contributed by atoms with E-state index in [0.29, 0.717) is 30.0 Å². The number of rotatable bonds is 4. The smallest absolute Gasteiger partial charge is 0.244 e. The van der Waals surface area contributed by atoms with Crippen LogP contribution in [-0.2, 0) is 4.79 Å². The highest BCUT2D eigenvalue weighted by Crippen LogP contribution is 2.38. The van der Waals surface area contributed by atoms with Crippen molar-refractivity contribution in [3.63, 3.8) is 0 Å². The van der Waals surface area contributed by atoms with Gasteiger partial charge in [0.1, 0.15) is 16.9 Å². The van der Waals surface area contributed by atoms with Gasteiger partial charge in [-0.25, -0.2) is 0 Å². The molecule has 1 aromatic carbocycles. The molecule has 1 heterocycles.